The van der Waals surface area contributed by atoms with E-state index >= 15 is 0 Å². The van der Waals surface area contributed by atoms with Crippen LogP contribution in [0.3, 0.4) is 0 Å². The molecule has 0 fully saturated rings. The molecule has 0 aliphatic carbocycles. The van der Waals surface area contributed by atoms with E-state index in [1.165, 1.54) is 31.6 Å². The maximum atomic E-state index is 14.4. The second kappa shape index (κ2) is 8.05. The fourth-order valence-corrected chi connectivity index (χ4v) is 3.80. The van der Waals surface area contributed by atoms with E-state index in [0.29, 0.717) is 22.8 Å². The van der Waals surface area contributed by atoms with Crippen molar-refractivity contribution in [3.63, 3.8) is 0 Å². The van der Waals surface area contributed by atoms with Crippen molar-refractivity contribution in [3.8, 4) is 5.75 Å². The molecule has 6 nitrogen and oxygen atoms in total. The zero-order chi connectivity index (χ0) is 20.3. The Balaban J connectivity index is 1.81. The summed E-state index contributed by atoms with van der Waals surface area (Å²) in [4.78, 5) is 8.27. The lowest BCUT2D eigenvalue weighted by Gasteiger charge is -2.22. The molecule has 0 bridgehead atoms. The van der Waals surface area contributed by atoms with Crippen molar-refractivity contribution in [2.45, 2.75) is 18.1 Å². The van der Waals surface area contributed by atoms with Gasteiger partial charge in [0.05, 0.1) is 19.1 Å². The molecule has 2 heterocycles. The first-order chi connectivity index (χ1) is 13.2. The number of benzene rings is 1. The molecule has 1 aliphatic heterocycles. The third kappa shape index (κ3) is 4.92. The normalized spacial score (nSPS) is 18.6. The third-order valence-electron chi connectivity index (χ3n) is 4.18. The summed E-state index contributed by atoms with van der Waals surface area (Å²) in [6.45, 7) is 0. The standard InChI is InChI=1S/C19H20F2N4O2S/c1-27-17-8-13(20)3-4-14(17)15-9-19(24-10-16(15)21)25-18-7-12(5-6-23-18)11-28(2,22)26/h3-8,10,15,22H,9,11H2,1-2H3,(H,23,24,25). The Labute approximate surface area is 162 Å². The molecule has 2 N–H and O–H groups in total. The molecular formula is C19H20F2N4O2S. The first-order valence-corrected chi connectivity index (χ1v) is 10.6. The van der Waals surface area contributed by atoms with E-state index in [0.717, 1.165) is 6.20 Å². The topological polar surface area (TPSA) is 87.4 Å². The summed E-state index contributed by atoms with van der Waals surface area (Å²) >= 11 is 0. The molecule has 28 heavy (non-hydrogen) atoms. The summed E-state index contributed by atoms with van der Waals surface area (Å²) in [5.74, 6) is -0.260. The summed E-state index contributed by atoms with van der Waals surface area (Å²) in [7, 11) is -1.27. The number of nitrogens with one attached hydrogen (secondary N) is 2. The van der Waals surface area contributed by atoms with E-state index in [1.807, 2.05) is 0 Å². The number of halogens is 2. The van der Waals surface area contributed by atoms with Crippen LogP contribution in [0.15, 0.2) is 53.5 Å². The van der Waals surface area contributed by atoms with Crippen molar-refractivity contribution in [2.75, 3.05) is 18.7 Å². The molecule has 0 saturated carbocycles. The number of amidine groups is 1. The Kier molecular flexibility index (Phi) is 5.73. The minimum atomic E-state index is -2.68. The highest BCUT2D eigenvalue weighted by molar-refractivity contribution is 7.90. The van der Waals surface area contributed by atoms with Crippen LogP contribution < -0.4 is 10.1 Å². The lowest BCUT2D eigenvalue weighted by Crippen LogP contribution is -2.20. The van der Waals surface area contributed by atoms with Crippen molar-refractivity contribution >= 4 is 21.4 Å². The average molecular weight is 406 g/mol. The van der Waals surface area contributed by atoms with Crippen LogP contribution >= 0.6 is 0 Å². The zero-order valence-corrected chi connectivity index (χ0v) is 16.2. The molecule has 3 rings (SSSR count). The molecule has 2 aromatic rings. The Morgan fingerprint density at radius 3 is 2.82 bits per heavy atom. The number of allylic oxidation sites excluding steroid dienone is 1. The second-order valence-corrected chi connectivity index (χ2v) is 8.86. The Morgan fingerprint density at radius 2 is 2.11 bits per heavy atom. The molecule has 2 atom stereocenters. The number of ether oxygens (including phenoxy) is 1. The number of anilines is 1. The van der Waals surface area contributed by atoms with Crippen LogP contribution in [0.2, 0.25) is 0 Å². The SMILES string of the molecule is COc1cc(F)ccc1C1CC(Nc2cc(CS(C)(=N)=O)ccn2)=NC=C1F. The minimum absolute atomic E-state index is 0.112. The highest BCUT2D eigenvalue weighted by atomic mass is 32.2. The molecule has 148 valence electrons. The minimum Gasteiger partial charge on any atom is -0.496 e. The van der Waals surface area contributed by atoms with Gasteiger partial charge in [0.2, 0.25) is 0 Å². The van der Waals surface area contributed by atoms with Gasteiger partial charge in [-0.2, -0.15) is 0 Å². The molecule has 0 amide bonds. The predicted octanol–water partition coefficient (Wildman–Crippen LogP) is 4.21. The van der Waals surface area contributed by atoms with E-state index in [2.05, 4.69) is 15.3 Å². The molecule has 9 heteroatoms. The van der Waals surface area contributed by atoms with Gasteiger partial charge >= 0.3 is 0 Å². The summed E-state index contributed by atoms with van der Waals surface area (Å²) in [5.41, 5.74) is 1.23. The number of nitrogens with zero attached hydrogens (tertiary/aromatic N) is 2. The Hall–Kier alpha value is -2.81. The monoisotopic (exact) mass is 406 g/mol. The van der Waals surface area contributed by atoms with Gasteiger partial charge in [-0.25, -0.2) is 23.0 Å². The summed E-state index contributed by atoms with van der Waals surface area (Å²) in [5, 5.41) is 3.03. The van der Waals surface area contributed by atoms with Gasteiger partial charge in [-0.3, -0.25) is 4.78 Å². The number of aliphatic imine (C=N–C) groups is 1. The van der Waals surface area contributed by atoms with Crippen molar-refractivity contribution in [1.29, 1.82) is 4.78 Å². The van der Waals surface area contributed by atoms with E-state index < -0.39 is 27.3 Å². The molecule has 0 saturated heterocycles. The summed E-state index contributed by atoms with van der Waals surface area (Å²) < 4.78 is 52.3. The molecule has 0 spiro atoms. The molecule has 1 aromatic carbocycles. The molecule has 1 aromatic heterocycles. The van der Waals surface area contributed by atoms with Gasteiger partial charge in [0, 0.05) is 46.2 Å². The van der Waals surface area contributed by atoms with Gasteiger partial charge in [-0.15, -0.1) is 0 Å². The van der Waals surface area contributed by atoms with Crippen LogP contribution in [0.25, 0.3) is 0 Å². The van der Waals surface area contributed by atoms with Crippen LogP contribution in [0.4, 0.5) is 14.6 Å². The Bertz CT molecular complexity index is 1050. The highest BCUT2D eigenvalue weighted by Gasteiger charge is 2.26. The fraction of sp³-hybridized carbons (Fsp3) is 0.263. The quantitative estimate of drug-likeness (QED) is 0.778. The van der Waals surface area contributed by atoms with Gasteiger partial charge in [0.1, 0.15) is 29.0 Å². The second-order valence-electron chi connectivity index (χ2n) is 6.56. The van der Waals surface area contributed by atoms with Crippen molar-refractivity contribution < 1.29 is 17.7 Å². The summed E-state index contributed by atoms with van der Waals surface area (Å²) in [6, 6.07) is 7.35. The maximum absolute atomic E-state index is 14.4. The van der Waals surface area contributed by atoms with Crippen molar-refractivity contribution in [2.24, 2.45) is 4.99 Å². The highest BCUT2D eigenvalue weighted by Crippen LogP contribution is 2.37. The van der Waals surface area contributed by atoms with Crippen molar-refractivity contribution in [3.05, 3.63) is 65.5 Å². The number of rotatable bonds is 5. The van der Waals surface area contributed by atoms with Crippen LogP contribution in [-0.4, -0.2) is 28.4 Å². The van der Waals surface area contributed by atoms with E-state index in [1.54, 1.807) is 18.3 Å². The average Bonchev–Trinajstić information content (AvgIpc) is 2.62. The van der Waals surface area contributed by atoms with E-state index in [9.17, 15) is 13.0 Å². The number of pyridine rings is 1. The predicted molar refractivity (Wildman–Crippen MR) is 105 cm³/mol. The largest absolute Gasteiger partial charge is 0.496 e. The number of methoxy groups -OCH3 is 1. The lowest BCUT2D eigenvalue weighted by atomic mass is 9.92. The Morgan fingerprint density at radius 1 is 1.32 bits per heavy atom. The van der Waals surface area contributed by atoms with Gasteiger partial charge in [-0.1, -0.05) is 6.07 Å². The van der Waals surface area contributed by atoms with Gasteiger partial charge < -0.3 is 10.1 Å². The van der Waals surface area contributed by atoms with Crippen molar-refractivity contribution in [1.82, 2.24) is 4.98 Å². The molecule has 2 unspecified atom stereocenters. The van der Waals surface area contributed by atoms with Gasteiger partial charge in [-0.05, 0) is 23.8 Å². The zero-order valence-electron chi connectivity index (χ0n) is 15.4. The maximum Gasteiger partial charge on any atom is 0.131 e. The third-order valence-corrected chi connectivity index (χ3v) is 5.07. The fourth-order valence-electron chi connectivity index (χ4n) is 2.99. The molecular weight excluding hydrogens is 386 g/mol. The first-order valence-electron chi connectivity index (χ1n) is 8.44. The van der Waals surface area contributed by atoms with E-state index in [4.69, 9.17) is 9.52 Å². The molecule has 1 aliphatic rings. The summed E-state index contributed by atoms with van der Waals surface area (Å²) in [6.07, 6.45) is 4.24. The van der Waals surface area contributed by atoms with Crippen LogP contribution in [0.5, 0.6) is 5.75 Å². The first kappa shape index (κ1) is 19.9. The van der Waals surface area contributed by atoms with Gasteiger partial charge in [0.15, 0.2) is 0 Å². The van der Waals surface area contributed by atoms with Crippen LogP contribution in [0, 0.1) is 10.6 Å². The van der Waals surface area contributed by atoms with Crippen LogP contribution in [-0.2, 0) is 15.5 Å². The van der Waals surface area contributed by atoms with E-state index in [-0.39, 0.29) is 17.9 Å². The number of hydrogen-bond donors (Lipinski definition) is 2. The smallest absolute Gasteiger partial charge is 0.131 e. The lowest BCUT2D eigenvalue weighted by molar-refractivity contribution is 0.400. The number of hydrogen-bond acceptors (Lipinski definition) is 6. The van der Waals surface area contributed by atoms with Gasteiger partial charge in [0.25, 0.3) is 0 Å². The molecule has 0 radical (unpaired) electrons. The number of aromatic nitrogens is 1. The van der Waals surface area contributed by atoms with Crippen LogP contribution in [0.1, 0.15) is 23.5 Å².